The summed E-state index contributed by atoms with van der Waals surface area (Å²) in [5.74, 6) is -4.70. The molecule has 2 aromatic heterocycles. The Hall–Kier alpha value is -4.34. The number of amides is 2. The minimum absolute atomic E-state index is 0.277. The lowest BCUT2D eigenvalue weighted by atomic mass is 9.96. The SMILES string of the molecule is Cc1cc2c(N)nccc2c(C)c1CNC(=O)c1cnn(Cc2ccc(C(F)(F)C(=O)N(C)C)cc2)c1. The molecule has 0 atom stereocenters. The van der Waals surface area contributed by atoms with Crippen LogP contribution < -0.4 is 11.1 Å². The normalized spacial score (nSPS) is 11.5. The molecule has 0 aliphatic heterocycles. The van der Waals surface area contributed by atoms with E-state index in [1.165, 1.54) is 44.6 Å². The first-order chi connectivity index (χ1) is 17.5. The van der Waals surface area contributed by atoms with Gasteiger partial charge in [0.25, 0.3) is 11.8 Å². The second-order valence-electron chi connectivity index (χ2n) is 9.17. The van der Waals surface area contributed by atoms with Crippen LogP contribution in [0.25, 0.3) is 10.8 Å². The molecular weight excluding hydrogens is 478 g/mol. The van der Waals surface area contributed by atoms with E-state index in [2.05, 4.69) is 15.4 Å². The molecule has 3 N–H and O–H groups in total. The van der Waals surface area contributed by atoms with Crippen LogP contribution in [0.5, 0.6) is 0 Å². The Labute approximate surface area is 213 Å². The van der Waals surface area contributed by atoms with E-state index in [9.17, 15) is 18.4 Å². The van der Waals surface area contributed by atoms with Crippen LogP contribution in [0.2, 0.25) is 0 Å². The maximum absolute atomic E-state index is 14.3. The highest BCUT2D eigenvalue weighted by molar-refractivity contribution is 5.95. The van der Waals surface area contributed by atoms with Crippen molar-refractivity contribution in [3.05, 3.63) is 88.4 Å². The van der Waals surface area contributed by atoms with Crippen molar-refractivity contribution in [2.24, 2.45) is 0 Å². The quantitative estimate of drug-likeness (QED) is 0.397. The summed E-state index contributed by atoms with van der Waals surface area (Å²) in [4.78, 5) is 29.6. The number of nitrogens with one attached hydrogen (secondary N) is 1. The highest BCUT2D eigenvalue weighted by Gasteiger charge is 2.41. The molecule has 0 bridgehead atoms. The van der Waals surface area contributed by atoms with Gasteiger partial charge in [-0.1, -0.05) is 24.3 Å². The Kier molecular flexibility index (Phi) is 6.93. The van der Waals surface area contributed by atoms with Gasteiger partial charge in [0, 0.05) is 44.0 Å². The van der Waals surface area contributed by atoms with Gasteiger partial charge >= 0.3 is 5.92 Å². The number of halogens is 2. The van der Waals surface area contributed by atoms with E-state index >= 15 is 0 Å². The van der Waals surface area contributed by atoms with Gasteiger partial charge in [-0.25, -0.2) is 4.98 Å². The summed E-state index contributed by atoms with van der Waals surface area (Å²) in [5.41, 5.74) is 9.74. The topological polar surface area (TPSA) is 106 Å². The number of alkyl halides is 2. The molecule has 2 aromatic carbocycles. The number of fused-ring (bicyclic) bond motifs is 1. The highest BCUT2D eigenvalue weighted by Crippen LogP contribution is 2.30. The number of benzene rings is 2. The lowest BCUT2D eigenvalue weighted by Crippen LogP contribution is -2.37. The molecule has 0 saturated carbocycles. The van der Waals surface area contributed by atoms with E-state index in [4.69, 9.17) is 5.73 Å². The maximum Gasteiger partial charge on any atom is 0.349 e. The number of carbonyl (C=O) groups excluding carboxylic acids is 2. The molecule has 10 heteroatoms. The third-order valence-electron chi connectivity index (χ3n) is 6.37. The van der Waals surface area contributed by atoms with E-state index in [1.807, 2.05) is 26.0 Å². The summed E-state index contributed by atoms with van der Waals surface area (Å²) in [7, 11) is 2.57. The van der Waals surface area contributed by atoms with Gasteiger partial charge in [-0.05, 0) is 53.6 Å². The van der Waals surface area contributed by atoms with Gasteiger partial charge in [0.15, 0.2) is 0 Å². The Bertz CT molecular complexity index is 1480. The summed E-state index contributed by atoms with van der Waals surface area (Å²) in [6, 6.07) is 9.37. The number of nitrogen functional groups attached to an aromatic ring is 1. The van der Waals surface area contributed by atoms with Crippen LogP contribution in [0.1, 0.15) is 38.2 Å². The number of rotatable bonds is 7. The van der Waals surface area contributed by atoms with Crippen LogP contribution in [0.15, 0.2) is 55.0 Å². The molecule has 0 aliphatic carbocycles. The largest absolute Gasteiger partial charge is 0.383 e. The van der Waals surface area contributed by atoms with Crippen molar-refractivity contribution in [3.63, 3.8) is 0 Å². The lowest BCUT2D eigenvalue weighted by Gasteiger charge is -2.20. The van der Waals surface area contributed by atoms with Crippen LogP contribution in [0, 0.1) is 13.8 Å². The summed E-state index contributed by atoms with van der Waals surface area (Å²) in [5, 5.41) is 9.04. The molecule has 8 nitrogen and oxygen atoms in total. The average molecular weight is 507 g/mol. The number of nitrogens with two attached hydrogens (primary N) is 1. The summed E-state index contributed by atoms with van der Waals surface area (Å²) in [6.45, 7) is 4.57. The van der Waals surface area contributed by atoms with Crippen LogP contribution >= 0.6 is 0 Å². The Morgan fingerprint density at radius 3 is 2.49 bits per heavy atom. The first-order valence-electron chi connectivity index (χ1n) is 11.6. The third-order valence-corrected chi connectivity index (χ3v) is 6.37. The lowest BCUT2D eigenvalue weighted by molar-refractivity contribution is -0.156. The number of anilines is 1. The number of aryl methyl sites for hydroxylation is 2. The molecule has 0 unspecified atom stereocenters. The fraction of sp³-hybridized carbons (Fsp3) is 0.259. The molecule has 0 spiro atoms. The molecule has 0 fully saturated rings. The average Bonchev–Trinajstić information content (AvgIpc) is 3.33. The van der Waals surface area contributed by atoms with E-state index in [1.54, 1.807) is 17.1 Å². The maximum atomic E-state index is 14.3. The molecule has 2 amide bonds. The minimum atomic E-state index is -3.61. The number of nitrogens with zero attached hydrogens (tertiary/aromatic N) is 4. The van der Waals surface area contributed by atoms with Crippen LogP contribution in [-0.4, -0.2) is 45.6 Å². The monoisotopic (exact) mass is 506 g/mol. The predicted octanol–water partition coefficient (Wildman–Crippen LogP) is 3.79. The van der Waals surface area contributed by atoms with Crippen molar-refractivity contribution >= 4 is 28.4 Å². The smallest absolute Gasteiger partial charge is 0.349 e. The summed E-state index contributed by atoms with van der Waals surface area (Å²) in [6.07, 6.45) is 4.72. The molecule has 37 heavy (non-hydrogen) atoms. The van der Waals surface area contributed by atoms with Gasteiger partial charge < -0.3 is 16.0 Å². The van der Waals surface area contributed by atoms with Crippen LogP contribution in [0.3, 0.4) is 0 Å². The first kappa shape index (κ1) is 25.7. The number of carbonyl (C=O) groups is 2. The van der Waals surface area contributed by atoms with Crippen LogP contribution in [-0.2, 0) is 23.8 Å². The second-order valence-corrected chi connectivity index (χ2v) is 9.17. The fourth-order valence-electron chi connectivity index (χ4n) is 4.25. The van der Waals surface area contributed by atoms with Gasteiger partial charge in [0.2, 0.25) is 0 Å². The van der Waals surface area contributed by atoms with E-state index in [-0.39, 0.29) is 18.0 Å². The highest BCUT2D eigenvalue weighted by atomic mass is 19.3. The molecule has 0 radical (unpaired) electrons. The predicted molar refractivity (Wildman–Crippen MR) is 137 cm³/mol. The summed E-state index contributed by atoms with van der Waals surface area (Å²) < 4.78 is 30.2. The van der Waals surface area contributed by atoms with Gasteiger partial charge in [-0.3, -0.25) is 14.3 Å². The molecule has 0 saturated heterocycles. The zero-order chi connectivity index (χ0) is 26.9. The number of pyridine rings is 1. The van der Waals surface area contributed by atoms with Gasteiger partial charge in [-0.2, -0.15) is 13.9 Å². The third kappa shape index (κ3) is 5.13. The molecule has 2 heterocycles. The van der Waals surface area contributed by atoms with Crippen molar-refractivity contribution in [2.45, 2.75) is 32.9 Å². The summed E-state index contributed by atoms with van der Waals surface area (Å²) >= 11 is 0. The zero-order valence-electron chi connectivity index (χ0n) is 21.0. The van der Waals surface area contributed by atoms with Crippen LogP contribution in [0.4, 0.5) is 14.6 Å². The number of hydrogen-bond acceptors (Lipinski definition) is 5. The molecular formula is C27H28F2N6O2. The van der Waals surface area contributed by atoms with Crippen molar-refractivity contribution in [1.82, 2.24) is 25.0 Å². The molecule has 4 rings (SSSR count). The standard InChI is InChI=1S/C27H28F2N6O2/c1-16-11-22-21(9-10-31-24(22)30)17(2)23(16)13-32-25(36)19-12-33-35(15-19)14-18-5-7-20(8-6-18)27(28,29)26(37)34(3)4/h5-12,15H,13-14H2,1-4H3,(H2,30,31)(H,32,36). The van der Waals surface area contributed by atoms with Crippen molar-refractivity contribution < 1.29 is 18.4 Å². The number of likely N-dealkylation sites (N-methyl/N-ethyl adjacent to an activating group) is 1. The molecule has 192 valence electrons. The van der Waals surface area contributed by atoms with Crippen molar-refractivity contribution in [1.29, 1.82) is 0 Å². The van der Waals surface area contributed by atoms with Crippen molar-refractivity contribution in [3.8, 4) is 0 Å². The zero-order valence-corrected chi connectivity index (χ0v) is 21.0. The van der Waals surface area contributed by atoms with E-state index in [0.717, 1.165) is 32.4 Å². The van der Waals surface area contributed by atoms with E-state index < -0.39 is 11.8 Å². The first-order valence-corrected chi connectivity index (χ1v) is 11.6. The minimum Gasteiger partial charge on any atom is -0.383 e. The number of aromatic nitrogens is 3. The fourth-order valence-corrected chi connectivity index (χ4v) is 4.25. The second kappa shape index (κ2) is 9.96. The Balaban J connectivity index is 1.42. The Morgan fingerprint density at radius 2 is 1.81 bits per heavy atom. The van der Waals surface area contributed by atoms with E-state index in [0.29, 0.717) is 23.5 Å². The molecule has 0 aliphatic rings. The van der Waals surface area contributed by atoms with Crippen molar-refractivity contribution in [2.75, 3.05) is 19.8 Å². The molecule has 4 aromatic rings. The number of hydrogen-bond donors (Lipinski definition) is 2. The van der Waals surface area contributed by atoms with Gasteiger partial charge in [0.05, 0.1) is 18.3 Å². The van der Waals surface area contributed by atoms with Gasteiger partial charge in [0.1, 0.15) is 5.82 Å². The Morgan fingerprint density at radius 1 is 1.11 bits per heavy atom. The van der Waals surface area contributed by atoms with Gasteiger partial charge in [-0.15, -0.1) is 0 Å².